The van der Waals surface area contributed by atoms with Crippen molar-refractivity contribution < 1.29 is 17.2 Å². The van der Waals surface area contributed by atoms with E-state index in [1.807, 2.05) is 0 Å². The van der Waals surface area contributed by atoms with Crippen molar-refractivity contribution in [1.82, 2.24) is 14.9 Å². The van der Waals surface area contributed by atoms with Gasteiger partial charge in [0.25, 0.3) is 0 Å². The van der Waals surface area contributed by atoms with Gasteiger partial charge in [-0.05, 0) is 44.2 Å². The maximum absolute atomic E-state index is 13.6. The summed E-state index contributed by atoms with van der Waals surface area (Å²) in [5, 5.41) is 7.78. The number of rotatable bonds is 5. The van der Waals surface area contributed by atoms with Gasteiger partial charge in [0.15, 0.2) is 0 Å². The molecule has 1 heterocycles. The third-order valence-electron chi connectivity index (χ3n) is 4.40. The minimum absolute atomic E-state index is 0.00141. The van der Waals surface area contributed by atoms with Crippen LogP contribution in [0.25, 0.3) is 0 Å². The first kappa shape index (κ1) is 17.0. The molecule has 1 saturated carbocycles. The second-order valence-electron chi connectivity index (χ2n) is 6.28. The molecular weight excluding hydrogens is 333 g/mol. The lowest BCUT2D eigenvalue weighted by Crippen LogP contribution is -2.33. The minimum atomic E-state index is -3.73. The minimum Gasteiger partial charge on any atom is -0.426 e. The molecule has 1 aromatic heterocycles. The predicted octanol–water partition coefficient (Wildman–Crippen LogP) is 2.52. The Kier molecular flexibility index (Phi) is 4.69. The van der Waals surface area contributed by atoms with E-state index in [4.69, 9.17) is 4.42 Å². The molecule has 0 bridgehead atoms. The van der Waals surface area contributed by atoms with Gasteiger partial charge in [-0.3, -0.25) is 0 Å². The molecule has 0 radical (unpaired) electrons. The van der Waals surface area contributed by atoms with Crippen molar-refractivity contribution in [2.75, 3.05) is 0 Å². The smallest absolute Gasteiger partial charge is 0.241 e. The molecule has 1 aliphatic rings. The molecule has 24 heavy (non-hydrogen) atoms. The molecular formula is C16H20FN3O3S. The van der Waals surface area contributed by atoms with Gasteiger partial charge in [0, 0.05) is 24.9 Å². The summed E-state index contributed by atoms with van der Waals surface area (Å²) in [5.74, 6) is 0.893. The second-order valence-corrected chi connectivity index (χ2v) is 7.96. The number of hydrogen-bond acceptors (Lipinski definition) is 5. The fourth-order valence-corrected chi connectivity index (χ4v) is 4.73. The van der Waals surface area contributed by atoms with Crippen LogP contribution in [-0.2, 0) is 16.4 Å². The summed E-state index contributed by atoms with van der Waals surface area (Å²) in [6.07, 6.45) is 2.98. The molecule has 6 nitrogen and oxygen atoms in total. The summed E-state index contributed by atoms with van der Waals surface area (Å²) in [6.45, 7) is 3.21. The Morgan fingerprint density at radius 3 is 2.79 bits per heavy atom. The zero-order valence-electron chi connectivity index (χ0n) is 13.6. The van der Waals surface area contributed by atoms with Crippen molar-refractivity contribution in [2.45, 2.75) is 50.5 Å². The molecule has 0 aliphatic heterocycles. The van der Waals surface area contributed by atoms with E-state index >= 15 is 0 Å². The summed E-state index contributed by atoms with van der Waals surface area (Å²) >= 11 is 0. The third-order valence-corrected chi connectivity index (χ3v) is 6.07. The molecule has 1 aliphatic carbocycles. The van der Waals surface area contributed by atoms with E-state index < -0.39 is 15.8 Å². The van der Waals surface area contributed by atoms with Crippen LogP contribution in [0, 0.1) is 25.6 Å². The maximum atomic E-state index is 13.6. The first-order chi connectivity index (χ1) is 11.3. The van der Waals surface area contributed by atoms with Gasteiger partial charge in [0.2, 0.25) is 21.8 Å². The first-order valence-corrected chi connectivity index (χ1v) is 9.40. The Morgan fingerprint density at radius 1 is 1.29 bits per heavy atom. The van der Waals surface area contributed by atoms with E-state index in [1.54, 1.807) is 6.92 Å². The van der Waals surface area contributed by atoms with Crippen LogP contribution in [0.3, 0.4) is 0 Å². The normalized spacial score (nSPS) is 21.3. The van der Waals surface area contributed by atoms with Crippen molar-refractivity contribution in [1.29, 1.82) is 0 Å². The average molecular weight is 353 g/mol. The SMILES string of the molecule is Cc1nnc(C[C@@H]2CC[C@H](NS(=O)(=O)c3cccc(F)c3C)C2)o1. The number of aromatic nitrogens is 2. The van der Waals surface area contributed by atoms with Gasteiger partial charge < -0.3 is 4.42 Å². The zero-order chi connectivity index (χ0) is 17.3. The molecule has 3 rings (SSSR count). The van der Waals surface area contributed by atoms with Crippen molar-refractivity contribution in [2.24, 2.45) is 5.92 Å². The molecule has 0 spiro atoms. The van der Waals surface area contributed by atoms with Gasteiger partial charge >= 0.3 is 0 Å². The number of sulfonamides is 1. The number of benzene rings is 1. The van der Waals surface area contributed by atoms with Crippen LogP contribution >= 0.6 is 0 Å². The monoisotopic (exact) mass is 353 g/mol. The van der Waals surface area contributed by atoms with Gasteiger partial charge in [0.1, 0.15) is 5.82 Å². The fourth-order valence-electron chi connectivity index (χ4n) is 3.20. The Hall–Kier alpha value is -1.80. The highest BCUT2D eigenvalue weighted by molar-refractivity contribution is 7.89. The summed E-state index contributed by atoms with van der Waals surface area (Å²) in [6, 6.07) is 3.93. The van der Waals surface area contributed by atoms with Crippen LogP contribution in [0.4, 0.5) is 4.39 Å². The predicted molar refractivity (Wildman–Crippen MR) is 85.3 cm³/mol. The lowest BCUT2D eigenvalue weighted by atomic mass is 10.0. The van der Waals surface area contributed by atoms with Crippen LogP contribution in [0.5, 0.6) is 0 Å². The van der Waals surface area contributed by atoms with Gasteiger partial charge in [-0.1, -0.05) is 6.07 Å². The largest absolute Gasteiger partial charge is 0.426 e. The lowest BCUT2D eigenvalue weighted by molar-refractivity contribution is 0.413. The summed E-state index contributed by atoms with van der Waals surface area (Å²) in [5.41, 5.74) is 0.140. The maximum Gasteiger partial charge on any atom is 0.241 e. The van der Waals surface area contributed by atoms with Crippen LogP contribution < -0.4 is 4.72 Å². The van der Waals surface area contributed by atoms with E-state index in [1.165, 1.54) is 25.1 Å². The molecule has 2 atom stereocenters. The second kappa shape index (κ2) is 6.60. The molecule has 0 amide bonds. The summed E-state index contributed by atoms with van der Waals surface area (Å²) in [4.78, 5) is -0.00141. The quantitative estimate of drug-likeness (QED) is 0.893. The number of nitrogens with one attached hydrogen (secondary N) is 1. The van der Waals surface area contributed by atoms with Crippen LogP contribution in [0.1, 0.15) is 36.6 Å². The molecule has 0 saturated heterocycles. The molecule has 1 fully saturated rings. The molecule has 8 heteroatoms. The Morgan fingerprint density at radius 2 is 2.08 bits per heavy atom. The summed E-state index contributed by atoms with van der Waals surface area (Å²) in [7, 11) is -3.73. The highest BCUT2D eigenvalue weighted by Gasteiger charge is 2.30. The van der Waals surface area contributed by atoms with E-state index in [9.17, 15) is 12.8 Å². The van der Waals surface area contributed by atoms with Gasteiger partial charge in [0.05, 0.1) is 4.90 Å². The lowest BCUT2D eigenvalue weighted by Gasteiger charge is -2.15. The summed E-state index contributed by atoms with van der Waals surface area (Å²) < 4.78 is 46.7. The van der Waals surface area contributed by atoms with Crippen LogP contribution in [0.2, 0.25) is 0 Å². The zero-order valence-corrected chi connectivity index (χ0v) is 14.4. The van der Waals surface area contributed by atoms with E-state index in [0.29, 0.717) is 30.5 Å². The van der Waals surface area contributed by atoms with Crippen molar-refractivity contribution >= 4 is 10.0 Å². The number of aryl methyl sites for hydroxylation is 1. The number of nitrogens with zero attached hydrogens (tertiary/aromatic N) is 2. The van der Waals surface area contributed by atoms with Crippen molar-refractivity contribution in [3.8, 4) is 0 Å². The van der Waals surface area contributed by atoms with E-state index in [-0.39, 0.29) is 16.5 Å². The average Bonchev–Trinajstić information content (AvgIpc) is 3.11. The highest BCUT2D eigenvalue weighted by atomic mass is 32.2. The van der Waals surface area contributed by atoms with Crippen molar-refractivity contribution in [3.63, 3.8) is 0 Å². The Labute approximate surface area is 140 Å². The standard InChI is InChI=1S/C16H20FN3O3S/c1-10-14(17)4-3-5-15(10)24(21,22)20-13-7-6-12(8-13)9-16-19-18-11(2)23-16/h3-5,12-13,20H,6-9H2,1-2H3/t12-,13+/m1/s1. The molecule has 1 N–H and O–H groups in total. The number of halogens is 1. The van der Waals surface area contributed by atoms with Gasteiger partial charge in [-0.15, -0.1) is 10.2 Å². The third kappa shape index (κ3) is 3.64. The molecule has 130 valence electrons. The molecule has 2 aromatic rings. The number of hydrogen-bond donors (Lipinski definition) is 1. The Bertz CT molecular complexity index is 835. The molecule has 0 unspecified atom stereocenters. The topological polar surface area (TPSA) is 85.1 Å². The van der Waals surface area contributed by atoms with Crippen LogP contribution in [0.15, 0.2) is 27.5 Å². The van der Waals surface area contributed by atoms with E-state index in [2.05, 4.69) is 14.9 Å². The van der Waals surface area contributed by atoms with Gasteiger partial charge in [-0.2, -0.15) is 0 Å². The van der Waals surface area contributed by atoms with Crippen molar-refractivity contribution in [3.05, 3.63) is 41.4 Å². The molecule has 1 aromatic carbocycles. The highest BCUT2D eigenvalue weighted by Crippen LogP contribution is 2.30. The Balaban J connectivity index is 1.65. The van der Waals surface area contributed by atoms with Crippen LogP contribution in [-0.4, -0.2) is 24.7 Å². The van der Waals surface area contributed by atoms with E-state index in [0.717, 1.165) is 12.8 Å². The first-order valence-electron chi connectivity index (χ1n) is 7.91. The fraction of sp³-hybridized carbons (Fsp3) is 0.500. The van der Waals surface area contributed by atoms with Gasteiger partial charge in [-0.25, -0.2) is 17.5 Å².